The van der Waals surface area contributed by atoms with Gasteiger partial charge in [-0.05, 0) is 18.3 Å². The summed E-state index contributed by atoms with van der Waals surface area (Å²) in [6.07, 6.45) is -1.75. The maximum atomic E-state index is 12.6. The summed E-state index contributed by atoms with van der Waals surface area (Å²) in [6.45, 7) is 3.13. The molecule has 0 bridgehead atoms. The highest BCUT2D eigenvalue weighted by Crippen LogP contribution is 2.46. The standard InChI is InChI=1S/C10H13F3O/c1-9(2)4-3-7(6-14)5-8(9)10(11,12)13/h5-7H,3-4H2,1-2H3. The molecule has 1 nitrogen and oxygen atoms in total. The van der Waals surface area contributed by atoms with Gasteiger partial charge in [-0.3, -0.25) is 0 Å². The largest absolute Gasteiger partial charge is 0.412 e. The lowest BCUT2D eigenvalue weighted by Crippen LogP contribution is -2.31. The molecular formula is C10H13F3O. The van der Waals surface area contributed by atoms with Gasteiger partial charge in [-0.2, -0.15) is 13.2 Å². The van der Waals surface area contributed by atoms with E-state index in [1.807, 2.05) is 0 Å². The lowest BCUT2D eigenvalue weighted by Gasteiger charge is -2.34. The van der Waals surface area contributed by atoms with Gasteiger partial charge in [0.05, 0.1) is 0 Å². The second kappa shape index (κ2) is 3.41. The summed E-state index contributed by atoms with van der Waals surface area (Å²) in [5.74, 6) is -0.570. The van der Waals surface area contributed by atoms with E-state index in [0.29, 0.717) is 19.1 Å². The molecule has 0 heterocycles. The Labute approximate surface area is 81.0 Å². The predicted octanol–water partition coefficient (Wildman–Crippen LogP) is 3.11. The summed E-state index contributed by atoms with van der Waals surface area (Å²) in [5, 5.41) is 0. The minimum absolute atomic E-state index is 0.405. The van der Waals surface area contributed by atoms with Crippen molar-refractivity contribution in [3.8, 4) is 0 Å². The summed E-state index contributed by atoms with van der Waals surface area (Å²) in [6, 6.07) is 0. The van der Waals surface area contributed by atoms with Crippen molar-refractivity contribution in [1.82, 2.24) is 0 Å². The third kappa shape index (κ3) is 2.16. The third-order valence-corrected chi connectivity index (χ3v) is 2.69. The lowest BCUT2D eigenvalue weighted by molar-refractivity contribution is -0.113. The normalized spacial score (nSPS) is 26.9. The smallest absolute Gasteiger partial charge is 0.303 e. The second-order valence-corrected chi connectivity index (χ2v) is 4.30. The number of hydrogen-bond acceptors (Lipinski definition) is 1. The number of carbonyl (C=O) groups is 1. The van der Waals surface area contributed by atoms with Gasteiger partial charge in [-0.15, -0.1) is 0 Å². The zero-order valence-electron chi connectivity index (χ0n) is 8.19. The quantitative estimate of drug-likeness (QED) is 0.476. The van der Waals surface area contributed by atoms with Gasteiger partial charge in [0, 0.05) is 11.5 Å². The van der Waals surface area contributed by atoms with Crippen molar-refractivity contribution >= 4 is 6.29 Å². The van der Waals surface area contributed by atoms with E-state index in [9.17, 15) is 18.0 Å². The highest BCUT2D eigenvalue weighted by atomic mass is 19.4. The van der Waals surface area contributed by atoms with Crippen LogP contribution in [-0.4, -0.2) is 12.5 Å². The summed E-state index contributed by atoms with van der Waals surface area (Å²) in [4.78, 5) is 10.4. The van der Waals surface area contributed by atoms with Gasteiger partial charge in [0.1, 0.15) is 6.29 Å². The molecule has 0 aromatic carbocycles. The van der Waals surface area contributed by atoms with Gasteiger partial charge < -0.3 is 4.79 Å². The number of alkyl halides is 3. The van der Waals surface area contributed by atoms with Crippen molar-refractivity contribution in [2.24, 2.45) is 11.3 Å². The highest BCUT2D eigenvalue weighted by Gasteiger charge is 2.45. The molecule has 0 spiro atoms. The molecule has 14 heavy (non-hydrogen) atoms. The van der Waals surface area contributed by atoms with Gasteiger partial charge in [0.25, 0.3) is 0 Å². The van der Waals surface area contributed by atoms with Crippen LogP contribution in [0.25, 0.3) is 0 Å². The molecule has 0 aliphatic heterocycles. The number of hydrogen-bond donors (Lipinski definition) is 0. The summed E-state index contributed by atoms with van der Waals surface area (Å²) in [5.41, 5.74) is -1.43. The Kier molecular flexibility index (Phi) is 2.74. The van der Waals surface area contributed by atoms with Crippen molar-refractivity contribution < 1.29 is 18.0 Å². The molecule has 0 aromatic rings. The van der Waals surface area contributed by atoms with Crippen molar-refractivity contribution in [3.63, 3.8) is 0 Å². The molecule has 1 rings (SSSR count). The molecule has 1 unspecified atom stereocenters. The Hall–Kier alpha value is -0.800. The van der Waals surface area contributed by atoms with Crippen molar-refractivity contribution in [3.05, 3.63) is 11.6 Å². The van der Waals surface area contributed by atoms with E-state index >= 15 is 0 Å². The molecule has 1 aliphatic rings. The zero-order valence-corrected chi connectivity index (χ0v) is 8.19. The molecule has 4 heteroatoms. The molecule has 0 fully saturated rings. The Bertz CT molecular complexity index is 263. The van der Waals surface area contributed by atoms with E-state index in [0.717, 1.165) is 6.08 Å². The predicted molar refractivity (Wildman–Crippen MR) is 46.7 cm³/mol. The van der Waals surface area contributed by atoms with Crippen LogP contribution in [0.1, 0.15) is 26.7 Å². The van der Waals surface area contributed by atoms with Gasteiger partial charge in [-0.1, -0.05) is 19.9 Å². The van der Waals surface area contributed by atoms with Crippen LogP contribution >= 0.6 is 0 Å². The maximum absolute atomic E-state index is 12.6. The van der Waals surface area contributed by atoms with E-state index in [1.165, 1.54) is 0 Å². The second-order valence-electron chi connectivity index (χ2n) is 4.30. The topological polar surface area (TPSA) is 17.1 Å². The average molecular weight is 206 g/mol. The molecule has 1 atom stereocenters. The van der Waals surface area contributed by atoms with Crippen LogP contribution in [0.4, 0.5) is 13.2 Å². The molecule has 0 saturated heterocycles. The number of allylic oxidation sites excluding steroid dienone is 2. The van der Waals surface area contributed by atoms with Crippen LogP contribution in [0.15, 0.2) is 11.6 Å². The van der Waals surface area contributed by atoms with E-state index < -0.39 is 23.1 Å². The maximum Gasteiger partial charge on any atom is 0.412 e. The summed E-state index contributed by atoms with van der Waals surface area (Å²) < 4.78 is 37.7. The van der Waals surface area contributed by atoms with Crippen molar-refractivity contribution in [2.75, 3.05) is 0 Å². The fraction of sp³-hybridized carbons (Fsp3) is 0.700. The molecule has 0 saturated carbocycles. The fourth-order valence-corrected chi connectivity index (χ4v) is 1.77. The zero-order chi connectivity index (χ0) is 11.0. The number of carbonyl (C=O) groups excluding carboxylic acids is 1. The molecule has 80 valence electrons. The SMILES string of the molecule is CC1(C)CCC(C=O)C=C1C(F)(F)F. The minimum atomic E-state index is -4.31. The van der Waals surface area contributed by atoms with Crippen LogP contribution < -0.4 is 0 Å². The van der Waals surface area contributed by atoms with Crippen LogP contribution in [0.3, 0.4) is 0 Å². The fourth-order valence-electron chi connectivity index (χ4n) is 1.77. The average Bonchev–Trinajstić information content (AvgIpc) is 2.01. The van der Waals surface area contributed by atoms with Crippen LogP contribution in [0.2, 0.25) is 0 Å². The summed E-state index contributed by atoms with van der Waals surface area (Å²) in [7, 11) is 0. The monoisotopic (exact) mass is 206 g/mol. The third-order valence-electron chi connectivity index (χ3n) is 2.69. The molecule has 0 N–H and O–H groups in total. The van der Waals surface area contributed by atoms with Crippen molar-refractivity contribution in [2.45, 2.75) is 32.9 Å². The molecule has 0 radical (unpaired) electrons. The lowest BCUT2D eigenvalue weighted by atomic mass is 9.72. The van der Waals surface area contributed by atoms with Gasteiger partial charge in [0.15, 0.2) is 0 Å². The van der Waals surface area contributed by atoms with Crippen LogP contribution in [-0.2, 0) is 4.79 Å². The van der Waals surface area contributed by atoms with Crippen LogP contribution in [0, 0.1) is 11.3 Å². The van der Waals surface area contributed by atoms with Crippen LogP contribution in [0.5, 0.6) is 0 Å². The van der Waals surface area contributed by atoms with E-state index in [1.54, 1.807) is 13.8 Å². The van der Waals surface area contributed by atoms with E-state index in [-0.39, 0.29) is 0 Å². The first kappa shape index (κ1) is 11.3. The van der Waals surface area contributed by atoms with Gasteiger partial charge in [-0.25, -0.2) is 0 Å². The Morgan fingerprint density at radius 3 is 2.50 bits per heavy atom. The molecule has 1 aliphatic carbocycles. The first-order valence-corrected chi connectivity index (χ1v) is 4.52. The highest BCUT2D eigenvalue weighted by molar-refractivity contribution is 5.58. The summed E-state index contributed by atoms with van der Waals surface area (Å²) >= 11 is 0. The molecule has 0 aromatic heterocycles. The Morgan fingerprint density at radius 1 is 1.50 bits per heavy atom. The first-order chi connectivity index (χ1) is 6.27. The first-order valence-electron chi connectivity index (χ1n) is 4.52. The molecular weight excluding hydrogens is 193 g/mol. The van der Waals surface area contributed by atoms with Gasteiger partial charge >= 0.3 is 6.18 Å². The number of halogens is 3. The Morgan fingerprint density at radius 2 is 2.07 bits per heavy atom. The number of aldehydes is 1. The minimum Gasteiger partial charge on any atom is -0.303 e. The van der Waals surface area contributed by atoms with Crippen molar-refractivity contribution in [1.29, 1.82) is 0 Å². The van der Waals surface area contributed by atoms with E-state index in [4.69, 9.17) is 0 Å². The number of rotatable bonds is 1. The molecule has 0 amide bonds. The van der Waals surface area contributed by atoms with E-state index in [2.05, 4.69) is 0 Å². The van der Waals surface area contributed by atoms with Gasteiger partial charge in [0.2, 0.25) is 0 Å². The Balaban J connectivity index is 3.06.